The van der Waals surface area contributed by atoms with E-state index in [0.29, 0.717) is 22.6 Å². The molecule has 3 aliphatic rings. The summed E-state index contributed by atoms with van der Waals surface area (Å²) in [6.07, 6.45) is -0.168. The molecule has 0 unspecified atom stereocenters. The first-order valence-electron chi connectivity index (χ1n) is 10.7. The van der Waals surface area contributed by atoms with Crippen LogP contribution in [-0.2, 0) is 31.3 Å². The minimum atomic E-state index is -1.45. The van der Waals surface area contributed by atoms with Crippen molar-refractivity contribution >= 4 is 29.3 Å². The van der Waals surface area contributed by atoms with Gasteiger partial charge in [-0.25, -0.2) is 0 Å². The zero-order chi connectivity index (χ0) is 23.5. The van der Waals surface area contributed by atoms with Gasteiger partial charge in [0.25, 0.3) is 0 Å². The highest BCUT2D eigenvalue weighted by Crippen LogP contribution is 2.54. The molecule has 1 spiro atoms. The molecule has 3 heterocycles. The van der Waals surface area contributed by atoms with Crippen LogP contribution in [0.2, 0.25) is 0 Å². The third kappa shape index (κ3) is 2.88. The Morgan fingerprint density at radius 2 is 1.88 bits per heavy atom. The van der Waals surface area contributed by atoms with Gasteiger partial charge in [-0.1, -0.05) is 36.4 Å². The number of hydrogen-bond donors (Lipinski definition) is 3. The highest BCUT2D eigenvalue weighted by atomic mass is 16.5. The Balaban J connectivity index is 1.61. The molecule has 4 amide bonds. The normalized spacial score (nSPS) is 27.6. The number of imide groups is 1. The van der Waals surface area contributed by atoms with Gasteiger partial charge >= 0.3 is 0 Å². The van der Waals surface area contributed by atoms with Gasteiger partial charge in [-0.05, 0) is 18.6 Å². The molecule has 2 aromatic rings. The summed E-state index contributed by atoms with van der Waals surface area (Å²) in [5.74, 6) is -3.25. The summed E-state index contributed by atoms with van der Waals surface area (Å²) in [6, 6.07) is 11.8. The van der Waals surface area contributed by atoms with Crippen molar-refractivity contribution in [2.45, 2.75) is 31.5 Å². The van der Waals surface area contributed by atoms with Crippen LogP contribution in [-0.4, -0.2) is 41.7 Å². The predicted molar refractivity (Wildman–Crippen MR) is 118 cm³/mol. The number of primary amides is 1. The average Bonchev–Trinajstić information content (AvgIpc) is 3.35. The smallest absolute Gasteiger partial charge is 0.250 e. The van der Waals surface area contributed by atoms with Crippen molar-refractivity contribution in [3.05, 3.63) is 59.2 Å². The molecule has 4 N–H and O–H groups in total. The molecule has 0 bridgehead atoms. The van der Waals surface area contributed by atoms with Gasteiger partial charge in [0.15, 0.2) is 0 Å². The highest BCUT2D eigenvalue weighted by molar-refractivity contribution is 6.15. The highest BCUT2D eigenvalue weighted by Gasteiger charge is 2.70. The van der Waals surface area contributed by atoms with Gasteiger partial charge in [-0.2, -0.15) is 0 Å². The van der Waals surface area contributed by atoms with E-state index in [2.05, 4.69) is 10.6 Å². The van der Waals surface area contributed by atoms with Gasteiger partial charge in [0.1, 0.15) is 11.3 Å². The summed E-state index contributed by atoms with van der Waals surface area (Å²) in [7, 11) is 1.52. The molecule has 170 valence electrons. The van der Waals surface area contributed by atoms with Crippen LogP contribution in [0, 0.1) is 18.8 Å². The maximum atomic E-state index is 13.8. The first-order valence-corrected chi connectivity index (χ1v) is 10.7. The van der Waals surface area contributed by atoms with Crippen molar-refractivity contribution in [2.24, 2.45) is 17.6 Å². The van der Waals surface area contributed by atoms with E-state index in [4.69, 9.17) is 10.5 Å². The molecule has 0 aromatic heterocycles. The van der Waals surface area contributed by atoms with Gasteiger partial charge in [0, 0.05) is 29.3 Å². The summed E-state index contributed by atoms with van der Waals surface area (Å²) >= 11 is 0. The molecule has 0 radical (unpaired) electrons. The zero-order valence-corrected chi connectivity index (χ0v) is 18.3. The molecule has 5 rings (SSSR count). The van der Waals surface area contributed by atoms with E-state index in [-0.39, 0.29) is 13.0 Å². The predicted octanol–water partition coefficient (Wildman–Crippen LogP) is 0.800. The van der Waals surface area contributed by atoms with Gasteiger partial charge in [0.05, 0.1) is 25.5 Å². The van der Waals surface area contributed by atoms with Crippen LogP contribution in [0.3, 0.4) is 0 Å². The Bertz CT molecular complexity index is 1210. The van der Waals surface area contributed by atoms with Crippen molar-refractivity contribution in [1.82, 2.24) is 10.2 Å². The third-order valence-electron chi connectivity index (χ3n) is 6.99. The molecule has 2 fully saturated rings. The molecule has 3 aliphatic heterocycles. The molecule has 9 nitrogen and oxygen atoms in total. The zero-order valence-electron chi connectivity index (χ0n) is 18.3. The number of fused-ring (bicyclic) bond motifs is 4. The summed E-state index contributed by atoms with van der Waals surface area (Å²) in [6.45, 7) is 1.87. The number of carbonyl (C=O) groups is 4. The maximum absolute atomic E-state index is 13.8. The number of ether oxygens (including phenoxy) is 1. The van der Waals surface area contributed by atoms with Crippen LogP contribution < -0.4 is 21.1 Å². The number of nitrogens with two attached hydrogens (primary N) is 1. The van der Waals surface area contributed by atoms with Gasteiger partial charge in [0.2, 0.25) is 23.6 Å². The summed E-state index contributed by atoms with van der Waals surface area (Å²) in [5, 5.41) is 6.08. The summed E-state index contributed by atoms with van der Waals surface area (Å²) < 4.78 is 5.38. The van der Waals surface area contributed by atoms with Gasteiger partial charge < -0.3 is 15.8 Å². The van der Waals surface area contributed by atoms with E-state index in [1.807, 2.05) is 19.1 Å². The topological polar surface area (TPSA) is 131 Å². The molecular formula is C24H24N4O5. The van der Waals surface area contributed by atoms with Crippen LogP contribution in [0.25, 0.3) is 0 Å². The molecule has 33 heavy (non-hydrogen) atoms. The van der Waals surface area contributed by atoms with Crippen molar-refractivity contribution in [3.8, 4) is 5.75 Å². The molecule has 4 atom stereocenters. The lowest BCUT2D eigenvalue weighted by Crippen LogP contribution is -2.53. The number of benzene rings is 2. The Morgan fingerprint density at radius 1 is 1.12 bits per heavy atom. The van der Waals surface area contributed by atoms with Gasteiger partial charge in [-0.15, -0.1) is 0 Å². The Labute approximate surface area is 190 Å². The van der Waals surface area contributed by atoms with E-state index in [1.165, 1.54) is 12.0 Å². The Kier molecular flexibility index (Phi) is 4.75. The van der Waals surface area contributed by atoms with E-state index in [1.54, 1.807) is 30.3 Å². The summed E-state index contributed by atoms with van der Waals surface area (Å²) in [5.41, 5.74) is 6.76. The fourth-order valence-corrected chi connectivity index (χ4v) is 5.59. The molecule has 2 saturated heterocycles. The second-order valence-corrected chi connectivity index (χ2v) is 8.76. The number of amides is 4. The van der Waals surface area contributed by atoms with Crippen LogP contribution in [0.15, 0.2) is 42.5 Å². The average molecular weight is 448 g/mol. The minimum absolute atomic E-state index is 0.0103. The second kappa shape index (κ2) is 7.41. The third-order valence-corrected chi connectivity index (χ3v) is 6.99. The van der Waals surface area contributed by atoms with Crippen LogP contribution >= 0.6 is 0 Å². The first kappa shape index (κ1) is 21.1. The number of likely N-dealkylation sites (tertiary alicyclic amines) is 1. The number of rotatable bonds is 5. The van der Waals surface area contributed by atoms with Gasteiger partial charge in [-0.3, -0.25) is 29.4 Å². The minimum Gasteiger partial charge on any atom is -0.496 e. The van der Waals surface area contributed by atoms with Crippen molar-refractivity contribution in [2.75, 3.05) is 12.4 Å². The van der Waals surface area contributed by atoms with E-state index < -0.39 is 47.0 Å². The number of nitrogens with zero attached hydrogens (tertiary/aromatic N) is 1. The largest absolute Gasteiger partial charge is 0.496 e. The monoisotopic (exact) mass is 448 g/mol. The van der Waals surface area contributed by atoms with Crippen LogP contribution in [0.4, 0.5) is 5.69 Å². The molecule has 9 heteroatoms. The lowest BCUT2D eigenvalue weighted by molar-refractivity contribution is -0.143. The standard InChI is InChI=1S/C24H24N4O5/c1-12-6-5-8-14-20(12)26-23(32)24(14)19-18(15(27-24)10-17(25)29)21(30)28(22(19)31)11-13-7-3-4-9-16(13)33-2/h3-9,15,18-19,27H,10-11H2,1-2H3,(H2,25,29)(H,26,32)/t15-,18-,19-,24-/m0/s1. The molecule has 0 aliphatic carbocycles. The van der Waals surface area contributed by atoms with E-state index in [0.717, 1.165) is 5.56 Å². The number of nitrogens with one attached hydrogen (secondary N) is 2. The number of hydrogen-bond acceptors (Lipinski definition) is 6. The van der Waals surface area contributed by atoms with Crippen molar-refractivity contribution < 1.29 is 23.9 Å². The molecule has 0 saturated carbocycles. The molecular weight excluding hydrogens is 424 g/mol. The SMILES string of the molecule is COc1ccccc1CN1C(=O)[C@H]2[C@H](CC(N)=O)N[C@]3(C(=O)Nc4c(C)cccc43)[C@@H]2C1=O. The van der Waals surface area contributed by atoms with E-state index in [9.17, 15) is 19.2 Å². The first-order chi connectivity index (χ1) is 15.8. The number of anilines is 1. The lowest BCUT2D eigenvalue weighted by atomic mass is 9.76. The van der Waals surface area contributed by atoms with E-state index >= 15 is 0 Å². The van der Waals surface area contributed by atoms with Crippen LogP contribution in [0.1, 0.15) is 23.1 Å². The van der Waals surface area contributed by atoms with Crippen molar-refractivity contribution in [3.63, 3.8) is 0 Å². The number of carbonyl (C=O) groups excluding carboxylic acids is 4. The summed E-state index contributed by atoms with van der Waals surface area (Å²) in [4.78, 5) is 53.7. The number of methoxy groups -OCH3 is 1. The number of aryl methyl sites for hydroxylation is 1. The Morgan fingerprint density at radius 3 is 2.61 bits per heavy atom. The fourth-order valence-electron chi connectivity index (χ4n) is 5.59. The van der Waals surface area contributed by atoms with Crippen LogP contribution in [0.5, 0.6) is 5.75 Å². The molecule has 2 aromatic carbocycles. The fraction of sp³-hybridized carbons (Fsp3) is 0.333. The second-order valence-electron chi connectivity index (χ2n) is 8.76. The maximum Gasteiger partial charge on any atom is 0.250 e. The van der Waals surface area contributed by atoms with Crippen molar-refractivity contribution in [1.29, 1.82) is 0 Å². The quantitative estimate of drug-likeness (QED) is 0.580. The Hall–Kier alpha value is -3.72. The lowest BCUT2D eigenvalue weighted by Gasteiger charge is -2.29. The number of para-hydroxylation sites is 2.